The number of hydrogen-bond donors (Lipinski definition) is 4. The second-order valence-corrected chi connectivity index (χ2v) is 4.53. The lowest BCUT2D eigenvalue weighted by atomic mass is 9.90. The van der Waals surface area contributed by atoms with Crippen LogP contribution in [0.5, 0.6) is 23.0 Å². The lowest BCUT2D eigenvalue weighted by Gasteiger charge is -2.20. The fourth-order valence-electron chi connectivity index (χ4n) is 2.09. The second kappa shape index (κ2) is 6.36. The first-order valence-corrected chi connectivity index (χ1v) is 6.49. The quantitative estimate of drug-likeness (QED) is 0.375. The van der Waals surface area contributed by atoms with Gasteiger partial charge in [-0.3, -0.25) is 4.79 Å². The maximum absolute atomic E-state index is 12.0. The molecule has 1 aromatic carbocycles. The van der Waals surface area contributed by atoms with E-state index < -0.39 is 34.9 Å². The summed E-state index contributed by atoms with van der Waals surface area (Å²) in [5.41, 5.74) is -0.112. The van der Waals surface area contributed by atoms with Gasteiger partial charge in [-0.2, -0.15) is 0 Å². The largest absolute Gasteiger partial charge is 0.507 e. The molecule has 0 spiro atoms. The van der Waals surface area contributed by atoms with Crippen LogP contribution in [-0.2, 0) is 9.53 Å². The van der Waals surface area contributed by atoms with Gasteiger partial charge in [-0.15, -0.1) is 0 Å². The minimum atomic E-state index is -0.898. The van der Waals surface area contributed by atoms with E-state index >= 15 is 0 Å². The number of benzene rings is 1. The maximum Gasteiger partial charge on any atom is 0.313 e. The van der Waals surface area contributed by atoms with Gasteiger partial charge >= 0.3 is 5.97 Å². The summed E-state index contributed by atoms with van der Waals surface area (Å²) in [6.07, 6.45) is 0.951. The summed E-state index contributed by atoms with van der Waals surface area (Å²) in [6, 6.07) is 0. The van der Waals surface area contributed by atoms with Crippen LogP contribution in [-0.4, -0.2) is 33.0 Å². The van der Waals surface area contributed by atoms with E-state index in [0.29, 0.717) is 12.8 Å². The Labute approximate surface area is 117 Å². The lowest BCUT2D eigenvalue weighted by molar-refractivity contribution is -0.145. The van der Waals surface area contributed by atoms with Gasteiger partial charge in [0.05, 0.1) is 18.1 Å². The van der Waals surface area contributed by atoms with E-state index in [1.807, 2.05) is 6.92 Å². The van der Waals surface area contributed by atoms with Crippen LogP contribution >= 0.6 is 0 Å². The number of esters is 1. The van der Waals surface area contributed by atoms with Gasteiger partial charge in [0.15, 0.2) is 11.5 Å². The van der Waals surface area contributed by atoms with Crippen LogP contribution < -0.4 is 0 Å². The molecule has 0 saturated heterocycles. The van der Waals surface area contributed by atoms with Crippen LogP contribution in [0.1, 0.15) is 43.7 Å². The first-order chi connectivity index (χ1) is 9.36. The van der Waals surface area contributed by atoms with Crippen LogP contribution in [0, 0.1) is 6.92 Å². The standard InChI is InChI=1S/C14H20O6/c1-4-6-8(14(19)20-5-2)9-10(15)7(3)11(16)13(18)12(9)17/h8,15-18H,4-6H2,1-3H3. The Morgan fingerprint density at radius 2 is 1.65 bits per heavy atom. The smallest absolute Gasteiger partial charge is 0.313 e. The molecule has 0 aromatic heterocycles. The fraction of sp³-hybridized carbons (Fsp3) is 0.500. The number of ether oxygens (including phenoxy) is 1. The highest BCUT2D eigenvalue weighted by Gasteiger charge is 2.31. The molecule has 0 radical (unpaired) electrons. The third-order valence-corrected chi connectivity index (χ3v) is 3.17. The normalized spacial score (nSPS) is 12.2. The zero-order valence-electron chi connectivity index (χ0n) is 11.8. The molecular weight excluding hydrogens is 264 g/mol. The Hall–Kier alpha value is -2.11. The third kappa shape index (κ3) is 2.74. The highest BCUT2D eigenvalue weighted by atomic mass is 16.5. The molecule has 0 aliphatic carbocycles. The van der Waals surface area contributed by atoms with Crippen molar-refractivity contribution in [1.82, 2.24) is 0 Å². The molecule has 4 N–H and O–H groups in total. The molecule has 0 saturated carbocycles. The average molecular weight is 284 g/mol. The van der Waals surface area contributed by atoms with Gasteiger partial charge in [0.25, 0.3) is 0 Å². The molecule has 0 aliphatic heterocycles. The van der Waals surface area contributed by atoms with Crippen molar-refractivity contribution in [3.63, 3.8) is 0 Å². The molecule has 1 unspecified atom stereocenters. The molecule has 1 atom stereocenters. The minimum Gasteiger partial charge on any atom is -0.507 e. The average Bonchev–Trinajstić information content (AvgIpc) is 2.42. The van der Waals surface area contributed by atoms with Crippen molar-refractivity contribution in [2.24, 2.45) is 0 Å². The molecular formula is C14H20O6. The molecule has 20 heavy (non-hydrogen) atoms. The van der Waals surface area contributed by atoms with E-state index in [2.05, 4.69) is 0 Å². The number of hydrogen-bond acceptors (Lipinski definition) is 6. The predicted octanol–water partition coefficient (Wildman–Crippen LogP) is 2.26. The van der Waals surface area contributed by atoms with E-state index in [4.69, 9.17) is 4.74 Å². The number of rotatable bonds is 5. The van der Waals surface area contributed by atoms with Crippen molar-refractivity contribution in [2.45, 2.75) is 39.5 Å². The Balaban J connectivity index is 3.44. The lowest BCUT2D eigenvalue weighted by Crippen LogP contribution is -2.16. The molecule has 6 nitrogen and oxygen atoms in total. The fourth-order valence-corrected chi connectivity index (χ4v) is 2.09. The van der Waals surface area contributed by atoms with E-state index in [0.717, 1.165) is 0 Å². The van der Waals surface area contributed by atoms with E-state index in [1.165, 1.54) is 6.92 Å². The highest BCUT2D eigenvalue weighted by Crippen LogP contribution is 2.49. The molecule has 0 aliphatic rings. The number of phenols is 4. The van der Waals surface area contributed by atoms with Gasteiger partial charge in [0, 0.05) is 5.56 Å². The first-order valence-electron chi connectivity index (χ1n) is 6.49. The second-order valence-electron chi connectivity index (χ2n) is 4.53. The van der Waals surface area contributed by atoms with Crippen molar-refractivity contribution >= 4 is 5.97 Å². The van der Waals surface area contributed by atoms with Gasteiger partial charge in [-0.25, -0.2) is 0 Å². The third-order valence-electron chi connectivity index (χ3n) is 3.17. The molecule has 0 amide bonds. The van der Waals surface area contributed by atoms with Crippen molar-refractivity contribution < 1.29 is 30.0 Å². The molecule has 0 bridgehead atoms. The first kappa shape index (κ1) is 15.9. The summed E-state index contributed by atoms with van der Waals surface area (Å²) >= 11 is 0. The van der Waals surface area contributed by atoms with Crippen molar-refractivity contribution in [2.75, 3.05) is 6.61 Å². The Morgan fingerprint density at radius 1 is 1.05 bits per heavy atom. The van der Waals surface area contributed by atoms with Crippen molar-refractivity contribution in [3.8, 4) is 23.0 Å². The van der Waals surface area contributed by atoms with Gasteiger partial charge in [-0.05, 0) is 20.3 Å². The summed E-state index contributed by atoms with van der Waals surface area (Å²) < 4.78 is 4.93. The molecule has 0 heterocycles. The van der Waals surface area contributed by atoms with Gasteiger partial charge < -0.3 is 25.2 Å². The monoisotopic (exact) mass is 284 g/mol. The van der Waals surface area contributed by atoms with Gasteiger partial charge in [0.2, 0.25) is 5.75 Å². The zero-order valence-corrected chi connectivity index (χ0v) is 11.8. The van der Waals surface area contributed by atoms with Crippen LogP contribution in [0.2, 0.25) is 0 Å². The summed E-state index contributed by atoms with van der Waals surface area (Å²) in [7, 11) is 0. The Kier molecular flexibility index (Phi) is 5.07. The summed E-state index contributed by atoms with van der Waals surface area (Å²) in [5.74, 6) is -3.96. The molecule has 1 rings (SSSR count). The predicted molar refractivity (Wildman–Crippen MR) is 72.1 cm³/mol. The van der Waals surface area contributed by atoms with Crippen LogP contribution in [0.15, 0.2) is 0 Å². The number of phenolic OH excluding ortho intramolecular Hbond substituents is 4. The topological polar surface area (TPSA) is 107 Å². The van der Waals surface area contributed by atoms with E-state index in [1.54, 1.807) is 6.92 Å². The molecule has 6 heteroatoms. The van der Waals surface area contributed by atoms with Crippen LogP contribution in [0.4, 0.5) is 0 Å². The molecule has 1 aromatic rings. The SMILES string of the molecule is CCCC(C(=O)OCC)c1c(O)c(C)c(O)c(O)c1O. The number of carbonyl (C=O) groups is 1. The maximum atomic E-state index is 12.0. The van der Waals surface area contributed by atoms with Crippen LogP contribution in [0.3, 0.4) is 0 Å². The van der Waals surface area contributed by atoms with Crippen molar-refractivity contribution in [1.29, 1.82) is 0 Å². The Morgan fingerprint density at radius 3 is 2.15 bits per heavy atom. The minimum absolute atomic E-state index is 0.000650. The highest BCUT2D eigenvalue weighted by molar-refractivity contribution is 5.82. The van der Waals surface area contributed by atoms with Crippen LogP contribution in [0.25, 0.3) is 0 Å². The molecule has 0 fully saturated rings. The van der Waals surface area contributed by atoms with Gasteiger partial charge in [-0.1, -0.05) is 13.3 Å². The number of carbonyl (C=O) groups excluding carboxylic acids is 1. The van der Waals surface area contributed by atoms with Crippen molar-refractivity contribution in [3.05, 3.63) is 11.1 Å². The zero-order chi connectivity index (χ0) is 15.4. The molecule has 112 valence electrons. The Bertz CT molecular complexity index is 480. The number of aromatic hydroxyl groups is 4. The summed E-state index contributed by atoms with van der Waals surface area (Å²) in [6.45, 7) is 5.04. The summed E-state index contributed by atoms with van der Waals surface area (Å²) in [4.78, 5) is 12.0. The van der Waals surface area contributed by atoms with Gasteiger partial charge in [0.1, 0.15) is 5.75 Å². The van der Waals surface area contributed by atoms with E-state index in [9.17, 15) is 25.2 Å². The van der Waals surface area contributed by atoms with E-state index in [-0.39, 0.29) is 17.7 Å². The summed E-state index contributed by atoms with van der Waals surface area (Å²) in [5, 5.41) is 39.2.